The molecule has 0 atom stereocenters. The standard InChI is InChI=1S/C14H20N4O/c1-17(2)14(19)18-7-5-11-12(6-8-18)15-9-16-13(11)10-3-4-10/h9-10H,3-8H2,1-2H3. The third kappa shape index (κ3) is 2.41. The van der Waals surface area contributed by atoms with Crippen molar-refractivity contribution in [3.8, 4) is 0 Å². The van der Waals surface area contributed by atoms with Gasteiger partial charge in [0.05, 0.1) is 5.69 Å². The second kappa shape index (κ2) is 4.79. The summed E-state index contributed by atoms with van der Waals surface area (Å²) in [5.74, 6) is 0.646. The molecule has 3 rings (SSSR count). The van der Waals surface area contributed by atoms with Gasteiger partial charge in [0.1, 0.15) is 6.33 Å². The summed E-state index contributed by atoms with van der Waals surface area (Å²) >= 11 is 0. The zero-order chi connectivity index (χ0) is 13.4. The smallest absolute Gasteiger partial charge is 0.319 e. The number of carbonyl (C=O) groups is 1. The largest absolute Gasteiger partial charge is 0.331 e. The van der Waals surface area contributed by atoms with Gasteiger partial charge in [-0.2, -0.15) is 0 Å². The molecule has 0 unspecified atom stereocenters. The van der Waals surface area contributed by atoms with E-state index >= 15 is 0 Å². The normalized spacial score (nSPS) is 18.7. The molecule has 5 nitrogen and oxygen atoms in total. The van der Waals surface area contributed by atoms with Crippen LogP contribution in [0.4, 0.5) is 4.79 Å². The van der Waals surface area contributed by atoms with Gasteiger partial charge in [-0.25, -0.2) is 14.8 Å². The van der Waals surface area contributed by atoms with Crippen molar-refractivity contribution in [3.05, 3.63) is 23.3 Å². The molecule has 1 aliphatic heterocycles. The van der Waals surface area contributed by atoms with E-state index in [2.05, 4.69) is 9.97 Å². The van der Waals surface area contributed by atoms with Gasteiger partial charge in [0.15, 0.2) is 0 Å². The predicted molar refractivity (Wildman–Crippen MR) is 72.1 cm³/mol. The number of rotatable bonds is 1. The van der Waals surface area contributed by atoms with Gasteiger partial charge in [-0.1, -0.05) is 0 Å². The monoisotopic (exact) mass is 260 g/mol. The maximum Gasteiger partial charge on any atom is 0.319 e. The Labute approximate surface area is 113 Å². The number of hydrogen-bond acceptors (Lipinski definition) is 3. The lowest BCUT2D eigenvalue weighted by atomic mass is 10.0. The van der Waals surface area contributed by atoms with Gasteiger partial charge in [0.2, 0.25) is 0 Å². The van der Waals surface area contributed by atoms with E-state index in [0.717, 1.165) is 31.6 Å². The van der Waals surface area contributed by atoms with Crippen LogP contribution in [0.15, 0.2) is 6.33 Å². The minimum Gasteiger partial charge on any atom is -0.331 e. The minimum atomic E-state index is 0.0914. The second-order valence-corrected chi connectivity index (χ2v) is 5.62. The van der Waals surface area contributed by atoms with Crippen molar-refractivity contribution in [1.82, 2.24) is 19.8 Å². The number of carbonyl (C=O) groups excluding carboxylic acids is 1. The quantitative estimate of drug-likeness (QED) is 0.767. The van der Waals surface area contributed by atoms with Crippen LogP contribution >= 0.6 is 0 Å². The van der Waals surface area contributed by atoms with Gasteiger partial charge < -0.3 is 9.80 Å². The molecule has 5 heteroatoms. The number of aromatic nitrogens is 2. The molecule has 0 aromatic carbocycles. The zero-order valence-electron chi connectivity index (χ0n) is 11.6. The molecular formula is C14H20N4O. The van der Waals surface area contributed by atoms with E-state index in [9.17, 15) is 4.79 Å². The summed E-state index contributed by atoms with van der Waals surface area (Å²) in [5, 5.41) is 0. The van der Waals surface area contributed by atoms with Crippen molar-refractivity contribution in [3.63, 3.8) is 0 Å². The van der Waals surface area contributed by atoms with Gasteiger partial charge in [-0.15, -0.1) is 0 Å². The molecule has 2 heterocycles. The van der Waals surface area contributed by atoms with Gasteiger partial charge in [0, 0.05) is 45.2 Å². The molecule has 0 spiro atoms. The Morgan fingerprint density at radius 1 is 1.26 bits per heavy atom. The predicted octanol–water partition coefficient (Wildman–Crippen LogP) is 1.44. The van der Waals surface area contributed by atoms with E-state index in [1.54, 1.807) is 25.3 Å². The van der Waals surface area contributed by atoms with E-state index in [0.29, 0.717) is 5.92 Å². The molecule has 19 heavy (non-hydrogen) atoms. The Kier molecular flexibility index (Phi) is 3.12. The van der Waals surface area contributed by atoms with Crippen LogP contribution in [0.3, 0.4) is 0 Å². The number of urea groups is 1. The second-order valence-electron chi connectivity index (χ2n) is 5.62. The maximum absolute atomic E-state index is 12.0. The SMILES string of the molecule is CN(C)C(=O)N1CCc2ncnc(C3CC3)c2CC1. The van der Waals surface area contributed by atoms with E-state index in [1.165, 1.54) is 24.1 Å². The number of hydrogen-bond donors (Lipinski definition) is 0. The molecule has 102 valence electrons. The first kappa shape index (κ1) is 12.4. The molecule has 2 amide bonds. The lowest BCUT2D eigenvalue weighted by Gasteiger charge is -2.24. The fourth-order valence-electron chi connectivity index (χ4n) is 2.73. The number of fused-ring (bicyclic) bond motifs is 1. The van der Waals surface area contributed by atoms with Gasteiger partial charge in [-0.05, 0) is 24.8 Å². The van der Waals surface area contributed by atoms with Crippen LogP contribution in [-0.2, 0) is 12.8 Å². The first-order valence-electron chi connectivity index (χ1n) is 6.95. The lowest BCUT2D eigenvalue weighted by Crippen LogP contribution is -2.40. The third-order valence-corrected chi connectivity index (χ3v) is 3.94. The number of nitrogens with zero attached hydrogens (tertiary/aromatic N) is 4. The van der Waals surface area contributed by atoms with Crippen LogP contribution in [0.1, 0.15) is 35.7 Å². The fraction of sp³-hybridized carbons (Fsp3) is 0.643. The highest BCUT2D eigenvalue weighted by Crippen LogP contribution is 2.41. The average molecular weight is 260 g/mol. The molecule has 0 saturated heterocycles. The third-order valence-electron chi connectivity index (χ3n) is 3.94. The molecule has 1 fully saturated rings. The summed E-state index contributed by atoms with van der Waals surface area (Å²) in [6, 6.07) is 0.0914. The van der Waals surface area contributed by atoms with Crippen LogP contribution < -0.4 is 0 Å². The summed E-state index contributed by atoms with van der Waals surface area (Å²) in [6.07, 6.45) is 5.93. The van der Waals surface area contributed by atoms with Gasteiger partial charge in [0.25, 0.3) is 0 Å². The van der Waals surface area contributed by atoms with Gasteiger partial charge in [-0.3, -0.25) is 0 Å². The lowest BCUT2D eigenvalue weighted by molar-refractivity contribution is 0.173. The maximum atomic E-state index is 12.0. The summed E-state index contributed by atoms with van der Waals surface area (Å²) in [5.41, 5.74) is 3.69. The van der Waals surface area contributed by atoms with Crippen molar-refractivity contribution < 1.29 is 4.79 Å². The highest BCUT2D eigenvalue weighted by atomic mass is 16.2. The van der Waals surface area contributed by atoms with Crippen molar-refractivity contribution >= 4 is 6.03 Å². The Balaban J connectivity index is 1.82. The minimum absolute atomic E-state index is 0.0914. The number of amides is 2. The van der Waals surface area contributed by atoms with Gasteiger partial charge >= 0.3 is 6.03 Å². The topological polar surface area (TPSA) is 49.3 Å². The summed E-state index contributed by atoms with van der Waals surface area (Å²) in [4.78, 5) is 24.5. The Bertz CT molecular complexity index is 496. The van der Waals surface area contributed by atoms with Crippen molar-refractivity contribution in [2.45, 2.75) is 31.6 Å². The molecule has 2 aliphatic rings. The molecule has 0 bridgehead atoms. The van der Waals surface area contributed by atoms with Crippen LogP contribution in [0, 0.1) is 0 Å². The zero-order valence-corrected chi connectivity index (χ0v) is 11.6. The summed E-state index contributed by atoms with van der Waals surface area (Å²) in [6.45, 7) is 1.53. The summed E-state index contributed by atoms with van der Waals surface area (Å²) < 4.78 is 0. The van der Waals surface area contributed by atoms with E-state index in [4.69, 9.17) is 0 Å². The van der Waals surface area contributed by atoms with Crippen LogP contribution in [0.2, 0.25) is 0 Å². The van der Waals surface area contributed by atoms with Crippen molar-refractivity contribution in [2.75, 3.05) is 27.2 Å². The average Bonchev–Trinajstić information content (AvgIpc) is 3.23. The first-order valence-corrected chi connectivity index (χ1v) is 6.95. The molecule has 1 aliphatic carbocycles. The molecule has 1 aromatic rings. The van der Waals surface area contributed by atoms with Crippen molar-refractivity contribution in [2.24, 2.45) is 0 Å². The van der Waals surface area contributed by atoms with E-state index in [1.807, 2.05) is 4.90 Å². The molecule has 0 radical (unpaired) electrons. The fourth-order valence-corrected chi connectivity index (χ4v) is 2.73. The Hall–Kier alpha value is -1.65. The van der Waals surface area contributed by atoms with Crippen LogP contribution in [-0.4, -0.2) is 53.0 Å². The Morgan fingerprint density at radius 3 is 2.68 bits per heavy atom. The molecule has 1 saturated carbocycles. The molecule has 1 aromatic heterocycles. The first-order chi connectivity index (χ1) is 9.16. The van der Waals surface area contributed by atoms with E-state index < -0.39 is 0 Å². The van der Waals surface area contributed by atoms with E-state index in [-0.39, 0.29) is 6.03 Å². The van der Waals surface area contributed by atoms with Crippen LogP contribution in [0.5, 0.6) is 0 Å². The highest BCUT2D eigenvalue weighted by molar-refractivity contribution is 5.74. The summed E-state index contributed by atoms with van der Waals surface area (Å²) in [7, 11) is 3.60. The molecular weight excluding hydrogens is 240 g/mol. The van der Waals surface area contributed by atoms with Crippen LogP contribution in [0.25, 0.3) is 0 Å². The van der Waals surface area contributed by atoms with Crippen molar-refractivity contribution in [1.29, 1.82) is 0 Å². The highest BCUT2D eigenvalue weighted by Gasteiger charge is 2.30. The molecule has 0 N–H and O–H groups in total. The Morgan fingerprint density at radius 2 is 2.00 bits per heavy atom.